The van der Waals surface area contributed by atoms with Crippen LogP contribution in [0.3, 0.4) is 0 Å². The van der Waals surface area contributed by atoms with Gasteiger partial charge in [-0.2, -0.15) is 0 Å². The number of hydrogen-bond acceptors (Lipinski definition) is 3. The van der Waals surface area contributed by atoms with E-state index in [0.29, 0.717) is 17.7 Å². The molecular weight excluding hydrogens is 166 g/mol. The highest BCUT2D eigenvalue weighted by Gasteiger charge is 2.09. The molecule has 0 heterocycles. The molecular formula is C10H9NO2. The van der Waals surface area contributed by atoms with Gasteiger partial charge in [0.2, 0.25) is 0 Å². The number of nitrogens with zero attached hydrogens (tertiary/aromatic N) is 1. The molecule has 0 saturated carbocycles. The zero-order valence-electron chi connectivity index (χ0n) is 7.28. The predicted octanol–water partition coefficient (Wildman–Crippen LogP) is 2.14. The molecule has 0 aliphatic heterocycles. The lowest BCUT2D eigenvalue weighted by Gasteiger charge is -2.02. The van der Waals surface area contributed by atoms with Gasteiger partial charge in [-0.1, -0.05) is 19.1 Å². The normalized spacial score (nSPS) is 8.92. The summed E-state index contributed by atoms with van der Waals surface area (Å²) in [6.45, 7) is 1.77. The van der Waals surface area contributed by atoms with E-state index in [1.165, 1.54) is 0 Å². The molecule has 0 bridgehead atoms. The highest BCUT2D eigenvalue weighted by Crippen LogP contribution is 2.18. The maximum atomic E-state index is 11.3. The molecule has 0 N–H and O–H groups in total. The molecule has 0 aliphatic rings. The van der Waals surface area contributed by atoms with Crippen LogP contribution in [0.4, 0.5) is 0 Å². The maximum Gasteiger partial charge on any atom is 0.292 e. The third-order valence-electron chi connectivity index (χ3n) is 1.66. The fourth-order valence-electron chi connectivity index (χ4n) is 1.03. The Kier molecular flexibility index (Phi) is 3.04. The summed E-state index contributed by atoms with van der Waals surface area (Å²) in [5, 5.41) is 8.32. The number of carbonyl (C=O) groups is 1. The Balaban J connectivity index is 3.05. The Morgan fingerprint density at radius 1 is 1.54 bits per heavy atom. The Bertz CT molecular complexity index is 352. The third-order valence-corrected chi connectivity index (χ3v) is 1.66. The first-order valence-corrected chi connectivity index (χ1v) is 3.97. The minimum absolute atomic E-state index is 0.0224. The van der Waals surface area contributed by atoms with Crippen molar-refractivity contribution >= 4 is 5.78 Å². The molecule has 3 heteroatoms. The van der Waals surface area contributed by atoms with Gasteiger partial charge in [0.25, 0.3) is 6.26 Å². The van der Waals surface area contributed by atoms with Crippen LogP contribution in [0.1, 0.15) is 23.7 Å². The van der Waals surface area contributed by atoms with Crippen molar-refractivity contribution in [3.8, 4) is 12.0 Å². The van der Waals surface area contributed by atoms with E-state index in [4.69, 9.17) is 5.26 Å². The van der Waals surface area contributed by atoms with E-state index in [9.17, 15) is 4.79 Å². The number of ether oxygens (including phenoxy) is 1. The van der Waals surface area contributed by atoms with E-state index in [-0.39, 0.29) is 5.78 Å². The average Bonchev–Trinajstić information content (AvgIpc) is 2.18. The molecule has 0 fully saturated rings. The highest BCUT2D eigenvalue weighted by molar-refractivity contribution is 5.98. The number of Topliss-reactive ketones (excluding diaryl/α,β-unsaturated/α-hetero) is 1. The quantitative estimate of drug-likeness (QED) is 0.522. The van der Waals surface area contributed by atoms with Crippen molar-refractivity contribution in [2.75, 3.05) is 0 Å². The third kappa shape index (κ3) is 2.06. The second-order valence-corrected chi connectivity index (χ2v) is 2.47. The molecule has 66 valence electrons. The largest absolute Gasteiger partial charge is 0.387 e. The van der Waals surface area contributed by atoms with Gasteiger partial charge in [0, 0.05) is 6.42 Å². The Morgan fingerprint density at radius 2 is 2.23 bits per heavy atom. The van der Waals surface area contributed by atoms with Crippen molar-refractivity contribution in [1.29, 1.82) is 5.26 Å². The molecule has 0 unspecified atom stereocenters. The zero-order chi connectivity index (χ0) is 9.68. The first-order valence-electron chi connectivity index (χ1n) is 3.97. The maximum absolute atomic E-state index is 11.3. The highest BCUT2D eigenvalue weighted by atomic mass is 16.5. The zero-order valence-corrected chi connectivity index (χ0v) is 7.28. The van der Waals surface area contributed by atoms with Crippen molar-refractivity contribution in [3.63, 3.8) is 0 Å². The molecule has 0 amide bonds. The van der Waals surface area contributed by atoms with Crippen LogP contribution < -0.4 is 4.74 Å². The van der Waals surface area contributed by atoms with Gasteiger partial charge >= 0.3 is 0 Å². The van der Waals surface area contributed by atoms with E-state index in [1.54, 1.807) is 37.4 Å². The number of nitriles is 1. The van der Waals surface area contributed by atoms with Crippen molar-refractivity contribution in [2.45, 2.75) is 13.3 Å². The molecule has 0 aliphatic carbocycles. The van der Waals surface area contributed by atoms with E-state index < -0.39 is 0 Å². The summed E-state index contributed by atoms with van der Waals surface area (Å²) in [6.07, 6.45) is 1.96. The van der Waals surface area contributed by atoms with Crippen LogP contribution >= 0.6 is 0 Å². The topological polar surface area (TPSA) is 50.1 Å². The van der Waals surface area contributed by atoms with Crippen LogP contribution in [0.25, 0.3) is 0 Å². The lowest BCUT2D eigenvalue weighted by Crippen LogP contribution is -1.99. The summed E-state index contributed by atoms with van der Waals surface area (Å²) in [5.41, 5.74) is 0.464. The lowest BCUT2D eigenvalue weighted by molar-refractivity contribution is 0.0986. The summed E-state index contributed by atoms with van der Waals surface area (Å²) in [5.74, 6) is 0.308. The van der Waals surface area contributed by atoms with Gasteiger partial charge < -0.3 is 4.74 Å². The number of benzene rings is 1. The van der Waals surface area contributed by atoms with Gasteiger partial charge in [-0.15, -0.1) is 5.26 Å². The first kappa shape index (κ1) is 9.27. The summed E-state index contributed by atoms with van der Waals surface area (Å²) < 4.78 is 4.64. The van der Waals surface area contributed by atoms with E-state index in [1.807, 2.05) is 0 Å². The number of hydrogen-bond donors (Lipinski definition) is 0. The Labute approximate surface area is 76.6 Å². The van der Waals surface area contributed by atoms with Gasteiger partial charge in [-0.25, -0.2) is 0 Å². The number of rotatable bonds is 3. The monoisotopic (exact) mass is 175 g/mol. The van der Waals surface area contributed by atoms with Crippen molar-refractivity contribution in [1.82, 2.24) is 0 Å². The van der Waals surface area contributed by atoms with Crippen LogP contribution in [0, 0.1) is 11.5 Å². The molecule has 1 aromatic carbocycles. The van der Waals surface area contributed by atoms with Crippen LogP contribution in [0.15, 0.2) is 24.3 Å². The SMILES string of the molecule is CCC(=O)c1ccccc1OC#N. The van der Waals surface area contributed by atoms with E-state index in [2.05, 4.69) is 4.74 Å². The summed E-state index contributed by atoms with van der Waals surface area (Å²) in [6, 6.07) is 6.72. The van der Waals surface area contributed by atoms with Gasteiger partial charge in [-0.05, 0) is 12.1 Å². The molecule has 13 heavy (non-hydrogen) atoms. The fourth-order valence-corrected chi connectivity index (χ4v) is 1.03. The summed E-state index contributed by atoms with van der Waals surface area (Å²) in [7, 11) is 0. The summed E-state index contributed by atoms with van der Waals surface area (Å²) in [4.78, 5) is 11.3. The van der Waals surface area contributed by atoms with Crippen molar-refractivity contribution in [2.24, 2.45) is 0 Å². The number of carbonyl (C=O) groups excluding carboxylic acids is 1. The minimum atomic E-state index is -0.0224. The standard InChI is InChI=1S/C10H9NO2/c1-2-9(12)8-5-3-4-6-10(8)13-7-11/h3-6H,2H2,1H3. The van der Waals surface area contributed by atoms with Crippen LogP contribution in [-0.4, -0.2) is 5.78 Å². The summed E-state index contributed by atoms with van der Waals surface area (Å²) >= 11 is 0. The van der Waals surface area contributed by atoms with Crippen molar-refractivity contribution in [3.05, 3.63) is 29.8 Å². The second-order valence-electron chi connectivity index (χ2n) is 2.47. The molecule has 3 nitrogen and oxygen atoms in total. The average molecular weight is 175 g/mol. The van der Waals surface area contributed by atoms with E-state index >= 15 is 0 Å². The van der Waals surface area contributed by atoms with Crippen molar-refractivity contribution < 1.29 is 9.53 Å². The Morgan fingerprint density at radius 3 is 2.85 bits per heavy atom. The molecule has 1 rings (SSSR count). The van der Waals surface area contributed by atoms with Crippen LogP contribution in [-0.2, 0) is 0 Å². The smallest absolute Gasteiger partial charge is 0.292 e. The first-order chi connectivity index (χ1) is 6.29. The number of ketones is 1. The predicted molar refractivity (Wildman–Crippen MR) is 47.3 cm³/mol. The van der Waals surface area contributed by atoms with Gasteiger partial charge in [0.05, 0.1) is 5.56 Å². The molecule has 0 radical (unpaired) electrons. The van der Waals surface area contributed by atoms with Gasteiger partial charge in [0.15, 0.2) is 11.5 Å². The minimum Gasteiger partial charge on any atom is -0.387 e. The van der Waals surface area contributed by atoms with Crippen LogP contribution in [0.5, 0.6) is 5.75 Å². The Hall–Kier alpha value is -1.82. The number of para-hydroxylation sites is 1. The molecule has 0 spiro atoms. The lowest BCUT2D eigenvalue weighted by atomic mass is 10.1. The fraction of sp³-hybridized carbons (Fsp3) is 0.200. The molecule has 1 aromatic rings. The molecule has 0 saturated heterocycles. The van der Waals surface area contributed by atoms with Gasteiger partial charge in [-0.3, -0.25) is 4.79 Å². The molecule has 0 atom stereocenters. The van der Waals surface area contributed by atoms with Crippen LogP contribution in [0.2, 0.25) is 0 Å². The second kappa shape index (κ2) is 4.27. The van der Waals surface area contributed by atoms with Gasteiger partial charge in [0.1, 0.15) is 0 Å². The molecule has 0 aromatic heterocycles. The van der Waals surface area contributed by atoms with E-state index in [0.717, 1.165) is 0 Å².